The summed E-state index contributed by atoms with van der Waals surface area (Å²) >= 11 is 0. The average Bonchev–Trinajstić information content (AvgIpc) is 2.47. The van der Waals surface area contributed by atoms with E-state index in [-0.39, 0.29) is 24.3 Å². The fraction of sp³-hybridized carbons (Fsp3) is 0.571. The zero-order valence-electron chi connectivity index (χ0n) is 11.8. The second kappa shape index (κ2) is 6.51. The summed E-state index contributed by atoms with van der Waals surface area (Å²) in [6.07, 6.45) is -1.64. The zero-order valence-corrected chi connectivity index (χ0v) is 11.8. The van der Waals surface area contributed by atoms with Crippen LogP contribution < -0.4 is 5.32 Å². The first kappa shape index (κ1) is 16.5. The summed E-state index contributed by atoms with van der Waals surface area (Å²) in [4.78, 5) is 9.67. The predicted molar refractivity (Wildman–Crippen MR) is 74.6 cm³/mol. The van der Waals surface area contributed by atoms with Gasteiger partial charge in [-0.05, 0) is 43.7 Å². The molecule has 0 aliphatic heterocycles. The van der Waals surface area contributed by atoms with Gasteiger partial charge in [0.25, 0.3) is 5.69 Å². The third kappa shape index (κ3) is 3.88. The number of halogens is 3. The van der Waals surface area contributed by atoms with Crippen LogP contribution in [0.4, 0.5) is 24.5 Å². The van der Waals surface area contributed by atoms with Gasteiger partial charge in [0.15, 0.2) is 0 Å². The zero-order chi connectivity index (χ0) is 16.3. The fourth-order valence-corrected chi connectivity index (χ4v) is 2.74. The molecule has 0 radical (unpaired) electrons. The first-order chi connectivity index (χ1) is 10.3. The standard InChI is InChI=1S/C14H17F3N2O3/c15-14(16,17)12-7-11(5-6-13(12)19(21)22)18-10-3-1-9(8-20)2-4-10/h5-7,9-10,18,20H,1-4,8H2. The Balaban J connectivity index is 2.14. The quantitative estimate of drug-likeness (QED) is 0.657. The monoisotopic (exact) mass is 318 g/mol. The normalized spacial score (nSPS) is 22.4. The number of nitro benzene ring substituents is 1. The Morgan fingerprint density at radius 2 is 1.91 bits per heavy atom. The van der Waals surface area contributed by atoms with Crippen molar-refractivity contribution in [1.29, 1.82) is 0 Å². The summed E-state index contributed by atoms with van der Waals surface area (Å²) in [6, 6.07) is 2.98. The van der Waals surface area contributed by atoms with E-state index in [9.17, 15) is 23.3 Å². The molecule has 0 saturated heterocycles. The van der Waals surface area contributed by atoms with Gasteiger partial charge >= 0.3 is 6.18 Å². The molecule has 0 aromatic heterocycles. The van der Waals surface area contributed by atoms with Crippen molar-refractivity contribution in [1.82, 2.24) is 0 Å². The average molecular weight is 318 g/mol. The van der Waals surface area contributed by atoms with Crippen LogP contribution in [-0.2, 0) is 6.18 Å². The molecular formula is C14H17F3N2O3. The number of aliphatic hydroxyl groups excluding tert-OH is 1. The predicted octanol–water partition coefficient (Wildman–Crippen LogP) is 3.58. The highest BCUT2D eigenvalue weighted by molar-refractivity contribution is 5.55. The molecule has 1 aliphatic rings. The first-order valence-corrected chi connectivity index (χ1v) is 7.04. The number of benzene rings is 1. The maximum atomic E-state index is 12.9. The van der Waals surface area contributed by atoms with Crippen LogP contribution in [0.2, 0.25) is 0 Å². The summed E-state index contributed by atoms with van der Waals surface area (Å²) in [5, 5.41) is 22.8. The van der Waals surface area contributed by atoms with E-state index >= 15 is 0 Å². The molecule has 1 aromatic rings. The van der Waals surface area contributed by atoms with Crippen LogP contribution in [0.25, 0.3) is 0 Å². The Morgan fingerprint density at radius 1 is 1.27 bits per heavy atom. The van der Waals surface area contributed by atoms with Crippen LogP contribution in [0, 0.1) is 16.0 Å². The summed E-state index contributed by atoms with van der Waals surface area (Å²) < 4.78 is 38.7. The second-order valence-corrected chi connectivity index (χ2v) is 5.53. The second-order valence-electron chi connectivity index (χ2n) is 5.53. The number of nitrogens with zero attached hydrogens (tertiary/aromatic N) is 1. The van der Waals surface area contributed by atoms with Crippen LogP contribution in [-0.4, -0.2) is 22.7 Å². The van der Waals surface area contributed by atoms with E-state index < -0.39 is 22.4 Å². The van der Waals surface area contributed by atoms with Crippen molar-refractivity contribution in [3.05, 3.63) is 33.9 Å². The molecule has 1 aliphatic carbocycles. The van der Waals surface area contributed by atoms with E-state index in [1.165, 1.54) is 6.07 Å². The Labute approximate surface area is 125 Å². The lowest BCUT2D eigenvalue weighted by atomic mass is 9.86. The first-order valence-electron chi connectivity index (χ1n) is 7.04. The topological polar surface area (TPSA) is 75.4 Å². The van der Waals surface area contributed by atoms with E-state index in [2.05, 4.69) is 5.32 Å². The van der Waals surface area contributed by atoms with Gasteiger partial charge in [0.2, 0.25) is 0 Å². The van der Waals surface area contributed by atoms with Crippen molar-refractivity contribution < 1.29 is 23.2 Å². The molecule has 1 aromatic carbocycles. The molecule has 2 N–H and O–H groups in total. The van der Waals surface area contributed by atoms with Crippen molar-refractivity contribution >= 4 is 11.4 Å². The maximum absolute atomic E-state index is 12.9. The van der Waals surface area contributed by atoms with Gasteiger partial charge in [-0.25, -0.2) is 0 Å². The third-order valence-electron chi connectivity index (χ3n) is 3.97. The van der Waals surface area contributed by atoms with Crippen LogP contribution in [0.3, 0.4) is 0 Å². The fourth-order valence-electron chi connectivity index (χ4n) is 2.74. The molecule has 0 atom stereocenters. The number of aliphatic hydroxyl groups is 1. The maximum Gasteiger partial charge on any atom is 0.423 e. The number of hydrogen-bond donors (Lipinski definition) is 2. The molecule has 8 heteroatoms. The summed E-state index contributed by atoms with van der Waals surface area (Å²) in [6.45, 7) is 0.127. The molecule has 1 saturated carbocycles. The summed E-state index contributed by atoms with van der Waals surface area (Å²) in [7, 11) is 0. The lowest BCUT2D eigenvalue weighted by molar-refractivity contribution is -0.388. The molecule has 0 unspecified atom stereocenters. The Kier molecular flexibility index (Phi) is 4.90. The molecule has 0 bridgehead atoms. The molecule has 22 heavy (non-hydrogen) atoms. The number of nitro groups is 1. The third-order valence-corrected chi connectivity index (χ3v) is 3.97. The summed E-state index contributed by atoms with van der Waals surface area (Å²) in [5.41, 5.74) is -1.96. The lowest BCUT2D eigenvalue weighted by Crippen LogP contribution is -2.27. The van der Waals surface area contributed by atoms with E-state index in [0.29, 0.717) is 0 Å². The number of hydrogen-bond acceptors (Lipinski definition) is 4. The molecule has 1 fully saturated rings. The van der Waals surface area contributed by atoms with Crippen molar-refractivity contribution in [2.45, 2.75) is 37.9 Å². The van der Waals surface area contributed by atoms with Gasteiger partial charge in [-0.2, -0.15) is 13.2 Å². The van der Waals surface area contributed by atoms with Gasteiger partial charge in [0, 0.05) is 24.4 Å². The number of nitrogens with one attached hydrogen (secondary N) is 1. The molecule has 2 rings (SSSR count). The highest BCUT2D eigenvalue weighted by atomic mass is 19.4. The van der Waals surface area contributed by atoms with Crippen LogP contribution >= 0.6 is 0 Å². The van der Waals surface area contributed by atoms with Gasteiger partial charge in [0.05, 0.1) is 4.92 Å². The molecular weight excluding hydrogens is 301 g/mol. The van der Waals surface area contributed by atoms with Gasteiger partial charge < -0.3 is 10.4 Å². The Morgan fingerprint density at radius 3 is 2.41 bits per heavy atom. The molecule has 0 amide bonds. The van der Waals surface area contributed by atoms with Gasteiger partial charge in [-0.3, -0.25) is 10.1 Å². The molecule has 0 spiro atoms. The summed E-state index contributed by atoms with van der Waals surface area (Å²) in [5.74, 6) is 0.251. The van der Waals surface area contributed by atoms with Crippen molar-refractivity contribution in [3.63, 3.8) is 0 Å². The largest absolute Gasteiger partial charge is 0.423 e. The smallest absolute Gasteiger partial charge is 0.396 e. The minimum absolute atomic E-state index is 0.0188. The van der Waals surface area contributed by atoms with Gasteiger partial charge in [-0.15, -0.1) is 0 Å². The van der Waals surface area contributed by atoms with Crippen molar-refractivity contribution in [2.75, 3.05) is 11.9 Å². The minimum Gasteiger partial charge on any atom is -0.396 e. The van der Waals surface area contributed by atoms with Crippen LogP contribution in [0.15, 0.2) is 18.2 Å². The highest BCUT2D eigenvalue weighted by Gasteiger charge is 2.38. The van der Waals surface area contributed by atoms with E-state index in [1.807, 2.05) is 0 Å². The molecule has 122 valence electrons. The number of alkyl halides is 3. The van der Waals surface area contributed by atoms with E-state index in [0.717, 1.165) is 37.8 Å². The number of anilines is 1. The highest BCUT2D eigenvalue weighted by Crippen LogP contribution is 2.38. The minimum atomic E-state index is -4.77. The van der Waals surface area contributed by atoms with Crippen LogP contribution in [0.1, 0.15) is 31.2 Å². The van der Waals surface area contributed by atoms with Gasteiger partial charge in [0.1, 0.15) is 5.56 Å². The van der Waals surface area contributed by atoms with Gasteiger partial charge in [-0.1, -0.05) is 0 Å². The number of rotatable bonds is 4. The van der Waals surface area contributed by atoms with Crippen LogP contribution in [0.5, 0.6) is 0 Å². The van der Waals surface area contributed by atoms with Crippen molar-refractivity contribution in [2.24, 2.45) is 5.92 Å². The van der Waals surface area contributed by atoms with E-state index in [1.54, 1.807) is 0 Å². The van der Waals surface area contributed by atoms with Crippen molar-refractivity contribution in [3.8, 4) is 0 Å². The lowest BCUT2D eigenvalue weighted by Gasteiger charge is -2.28. The SMILES string of the molecule is O=[N+]([O-])c1ccc(NC2CCC(CO)CC2)cc1C(F)(F)F. The molecule has 0 heterocycles. The Bertz CT molecular complexity index is 541. The molecule has 5 nitrogen and oxygen atoms in total. The van der Waals surface area contributed by atoms with E-state index in [4.69, 9.17) is 5.11 Å². The Hall–Kier alpha value is -1.83.